The maximum atomic E-state index is 11.4. The van der Waals surface area contributed by atoms with Crippen molar-refractivity contribution in [3.05, 3.63) is 0 Å². The Morgan fingerprint density at radius 2 is 2.06 bits per heavy atom. The molecule has 5 nitrogen and oxygen atoms in total. The van der Waals surface area contributed by atoms with Gasteiger partial charge in [0.25, 0.3) is 0 Å². The van der Waals surface area contributed by atoms with Crippen molar-refractivity contribution in [1.29, 1.82) is 0 Å². The topological polar surface area (TPSA) is 76.0 Å². The van der Waals surface area contributed by atoms with Crippen LogP contribution in [0.15, 0.2) is 0 Å². The summed E-state index contributed by atoms with van der Waals surface area (Å²) in [5, 5.41) is 17.5. The van der Waals surface area contributed by atoms with Gasteiger partial charge < -0.3 is 10.2 Å². The fraction of sp³-hybridized carbons (Fsp3) is 1.00. The molecule has 94 valence electrons. The van der Waals surface area contributed by atoms with E-state index < -0.39 is 14.4 Å². The maximum absolute atomic E-state index is 11.4. The first kappa shape index (κ1) is 14.0. The molecule has 0 amide bonds. The van der Waals surface area contributed by atoms with Gasteiger partial charge in [0.1, 0.15) is 6.10 Å². The largest absolute Gasteiger partial charge is 0.698 e. The molecule has 16 heavy (non-hydrogen) atoms. The van der Waals surface area contributed by atoms with Gasteiger partial charge in [-0.25, -0.2) is 0 Å². The summed E-state index contributed by atoms with van der Waals surface area (Å²) < 4.78 is 21.6. The highest BCUT2D eigenvalue weighted by atomic mass is 31.1. The van der Waals surface area contributed by atoms with Gasteiger partial charge in [0.05, 0.1) is 13.2 Å². The van der Waals surface area contributed by atoms with Crippen LogP contribution in [0.4, 0.5) is 0 Å². The fourth-order valence-corrected chi connectivity index (χ4v) is 2.73. The van der Waals surface area contributed by atoms with E-state index in [4.69, 9.17) is 19.3 Å². The zero-order valence-electron chi connectivity index (χ0n) is 9.54. The Balaban J connectivity index is 2.27. The molecule has 1 saturated carbocycles. The van der Waals surface area contributed by atoms with E-state index in [0.29, 0.717) is 5.92 Å². The molecule has 0 spiro atoms. The van der Waals surface area contributed by atoms with E-state index >= 15 is 0 Å². The summed E-state index contributed by atoms with van der Waals surface area (Å²) in [6.45, 7) is 1.43. The minimum absolute atomic E-state index is 0.0228. The third-order valence-corrected chi connectivity index (χ3v) is 3.71. The highest BCUT2D eigenvalue weighted by molar-refractivity contribution is 7.33. The molecule has 0 bridgehead atoms. The lowest BCUT2D eigenvalue weighted by atomic mass is 9.89. The standard InChI is InChI=1S/C10H20O5P/c1-8-3-2-4-9(5-8)14-16(13)15-10(6-11)7-12/h8-12H,2-7H2,1H3/q+1. The summed E-state index contributed by atoms with van der Waals surface area (Å²) in [5.74, 6) is 0.591. The van der Waals surface area contributed by atoms with Crippen LogP contribution < -0.4 is 0 Å². The van der Waals surface area contributed by atoms with E-state index in [0.717, 1.165) is 19.3 Å². The molecule has 1 aliphatic rings. The van der Waals surface area contributed by atoms with Crippen LogP contribution in [0.2, 0.25) is 0 Å². The summed E-state index contributed by atoms with van der Waals surface area (Å²) in [6.07, 6.45) is 3.23. The van der Waals surface area contributed by atoms with E-state index in [9.17, 15) is 4.57 Å². The van der Waals surface area contributed by atoms with Gasteiger partial charge in [0.2, 0.25) is 0 Å². The van der Waals surface area contributed by atoms with Gasteiger partial charge in [-0.05, 0) is 18.8 Å². The number of aliphatic hydroxyl groups is 2. The summed E-state index contributed by atoms with van der Waals surface area (Å²) in [4.78, 5) is 0. The van der Waals surface area contributed by atoms with E-state index in [1.54, 1.807) is 0 Å². The molecule has 0 heterocycles. The molecule has 3 atom stereocenters. The average Bonchev–Trinajstić information content (AvgIpc) is 2.26. The van der Waals surface area contributed by atoms with Gasteiger partial charge in [-0.3, -0.25) is 0 Å². The number of rotatable bonds is 6. The zero-order chi connectivity index (χ0) is 12.0. The summed E-state index contributed by atoms with van der Waals surface area (Å²) >= 11 is 0. The van der Waals surface area contributed by atoms with Crippen LogP contribution >= 0.6 is 8.25 Å². The van der Waals surface area contributed by atoms with Crippen molar-refractivity contribution in [2.24, 2.45) is 5.92 Å². The quantitative estimate of drug-likeness (QED) is 0.701. The third-order valence-electron chi connectivity index (χ3n) is 2.77. The second kappa shape index (κ2) is 7.30. The van der Waals surface area contributed by atoms with E-state index in [-0.39, 0.29) is 19.3 Å². The number of hydrogen-bond donors (Lipinski definition) is 2. The van der Waals surface area contributed by atoms with Crippen LogP contribution in [-0.2, 0) is 13.6 Å². The number of aliphatic hydroxyl groups excluding tert-OH is 2. The van der Waals surface area contributed by atoms with Crippen molar-refractivity contribution in [2.75, 3.05) is 13.2 Å². The van der Waals surface area contributed by atoms with Gasteiger partial charge >= 0.3 is 8.25 Å². The average molecular weight is 251 g/mol. The summed E-state index contributed by atoms with van der Waals surface area (Å²) in [7, 11) is -2.24. The Kier molecular flexibility index (Phi) is 6.39. The molecule has 1 fully saturated rings. The molecular weight excluding hydrogens is 231 g/mol. The van der Waals surface area contributed by atoms with Crippen molar-refractivity contribution in [2.45, 2.75) is 44.8 Å². The first-order chi connectivity index (χ1) is 7.65. The molecule has 2 N–H and O–H groups in total. The Bertz CT molecular complexity index is 219. The predicted octanol–water partition coefficient (Wildman–Crippen LogP) is 1.61. The lowest BCUT2D eigenvalue weighted by Crippen LogP contribution is -2.22. The molecule has 0 aromatic carbocycles. The summed E-state index contributed by atoms with van der Waals surface area (Å²) in [5.41, 5.74) is 0. The van der Waals surface area contributed by atoms with Crippen LogP contribution in [0.3, 0.4) is 0 Å². The first-order valence-corrected chi connectivity index (χ1v) is 6.77. The van der Waals surface area contributed by atoms with Gasteiger partial charge in [-0.1, -0.05) is 19.8 Å². The molecule has 1 rings (SSSR count). The maximum Gasteiger partial charge on any atom is 0.698 e. The lowest BCUT2D eigenvalue weighted by molar-refractivity contribution is 0.0399. The summed E-state index contributed by atoms with van der Waals surface area (Å²) in [6, 6.07) is 0. The molecular formula is C10H20O5P+. The van der Waals surface area contributed by atoms with E-state index in [1.807, 2.05) is 0 Å². The van der Waals surface area contributed by atoms with Crippen molar-refractivity contribution in [3.8, 4) is 0 Å². The minimum Gasteiger partial charge on any atom is -0.393 e. The Labute approximate surface area is 96.7 Å². The monoisotopic (exact) mass is 251 g/mol. The minimum atomic E-state index is -2.24. The molecule has 0 aliphatic heterocycles. The van der Waals surface area contributed by atoms with Crippen molar-refractivity contribution < 1.29 is 23.8 Å². The van der Waals surface area contributed by atoms with Crippen LogP contribution in [0.1, 0.15) is 32.6 Å². The van der Waals surface area contributed by atoms with Gasteiger partial charge in [-0.15, -0.1) is 9.05 Å². The predicted molar refractivity (Wildman–Crippen MR) is 59.2 cm³/mol. The van der Waals surface area contributed by atoms with Crippen molar-refractivity contribution in [1.82, 2.24) is 0 Å². The van der Waals surface area contributed by atoms with E-state index in [1.165, 1.54) is 6.42 Å². The van der Waals surface area contributed by atoms with Gasteiger partial charge in [0.15, 0.2) is 6.10 Å². The Morgan fingerprint density at radius 3 is 2.62 bits per heavy atom. The van der Waals surface area contributed by atoms with Crippen LogP contribution in [0, 0.1) is 5.92 Å². The Hall–Kier alpha value is -0.0600. The van der Waals surface area contributed by atoms with Crippen molar-refractivity contribution >= 4 is 8.25 Å². The SMILES string of the molecule is CC1CCCC(O[P+](=O)OC(CO)CO)C1. The van der Waals surface area contributed by atoms with Crippen LogP contribution in [0.25, 0.3) is 0 Å². The molecule has 0 radical (unpaired) electrons. The Morgan fingerprint density at radius 1 is 1.38 bits per heavy atom. The van der Waals surface area contributed by atoms with Crippen LogP contribution in [-0.4, -0.2) is 35.6 Å². The first-order valence-electron chi connectivity index (χ1n) is 5.68. The zero-order valence-corrected chi connectivity index (χ0v) is 10.4. The molecule has 0 aromatic heterocycles. The normalized spacial score (nSPS) is 27.1. The van der Waals surface area contributed by atoms with Gasteiger partial charge in [0, 0.05) is 4.57 Å². The van der Waals surface area contributed by atoms with Crippen molar-refractivity contribution in [3.63, 3.8) is 0 Å². The molecule has 0 aromatic rings. The lowest BCUT2D eigenvalue weighted by Gasteiger charge is -2.22. The third kappa shape index (κ3) is 4.85. The molecule has 1 aliphatic carbocycles. The van der Waals surface area contributed by atoms with E-state index in [2.05, 4.69) is 6.92 Å². The van der Waals surface area contributed by atoms with Gasteiger partial charge in [-0.2, -0.15) is 0 Å². The highest BCUT2D eigenvalue weighted by Gasteiger charge is 2.33. The highest BCUT2D eigenvalue weighted by Crippen LogP contribution is 2.35. The second-order valence-corrected chi connectivity index (χ2v) is 5.18. The smallest absolute Gasteiger partial charge is 0.393 e. The fourth-order valence-electron chi connectivity index (χ4n) is 1.87. The number of hydrogen-bond acceptors (Lipinski definition) is 5. The second-order valence-electron chi connectivity index (χ2n) is 4.32. The van der Waals surface area contributed by atoms with Crippen LogP contribution in [0.5, 0.6) is 0 Å². The molecule has 0 saturated heterocycles. The molecule has 3 unspecified atom stereocenters. The molecule has 6 heteroatoms.